The topological polar surface area (TPSA) is 151 Å². The summed E-state index contributed by atoms with van der Waals surface area (Å²) in [5, 5.41) is 44.8. The van der Waals surface area contributed by atoms with E-state index in [0.717, 1.165) is 12.8 Å². The summed E-state index contributed by atoms with van der Waals surface area (Å²) in [5.74, 6) is -4.29. The second-order valence-electron chi connectivity index (χ2n) is 14.1. The Hall–Kier alpha value is -2.59. The maximum Gasteiger partial charge on any atom is 0.331 e. The molecule has 0 radical (unpaired) electrons. The first-order chi connectivity index (χ1) is 21.2. The van der Waals surface area contributed by atoms with E-state index >= 15 is 0 Å². The monoisotopic (exact) mass is 628 g/mol. The average Bonchev–Trinajstić information content (AvgIpc) is 3.43. The van der Waals surface area contributed by atoms with Gasteiger partial charge in [0, 0.05) is 42.6 Å². The zero-order chi connectivity index (χ0) is 33.2. The molecule has 0 heterocycles. The van der Waals surface area contributed by atoms with Crippen LogP contribution in [-0.4, -0.2) is 74.3 Å². The van der Waals surface area contributed by atoms with Crippen molar-refractivity contribution in [2.75, 3.05) is 13.2 Å². The molecule has 0 aromatic heterocycles. The second-order valence-corrected chi connectivity index (χ2v) is 14.1. The first-order valence-corrected chi connectivity index (χ1v) is 16.6. The van der Waals surface area contributed by atoms with Crippen molar-refractivity contribution in [3.63, 3.8) is 0 Å². The van der Waals surface area contributed by atoms with Crippen LogP contribution in [0.2, 0.25) is 0 Å². The van der Waals surface area contributed by atoms with Crippen LogP contribution in [0.5, 0.6) is 0 Å². The van der Waals surface area contributed by atoms with Crippen LogP contribution in [0.25, 0.3) is 0 Å². The van der Waals surface area contributed by atoms with Crippen molar-refractivity contribution in [1.29, 1.82) is 0 Å². The molecule has 4 aliphatic rings. The van der Waals surface area contributed by atoms with E-state index in [-0.39, 0.29) is 19.4 Å². The number of aliphatic hydroxyl groups excluding tert-OH is 2. The highest BCUT2D eigenvalue weighted by Gasteiger charge is 2.85. The number of rotatable bonds is 14. The molecule has 0 spiro atoms. The SMILES string of the molecule is CCCCCCCC[C@@H](O)/C=C/C=C/C(=O)O[C@@]12C[C@@H](C)[C@@]3(O)[C@@H](C=C(CO)C[C@]4(O)C(=O)C(C)=C[C@@H]34)[C@@H]1[C@@]2(C)COC(C)=O. The van der Waals surface area contributed by atoms with Crippen LogP contribution >= 0.6 is 0 Å². The van der Waals surface area contributed by atoms with Crippen molar-refractivity contribution in [3.8, 4) is 0 Å². The molecule has 2 saturated carbocycles. The van der Waals surface area contributed by atoms with E-state index in [1.807, 2.05) is 13.8 Å². The molecule has 4 rings (SSSR count). The fourth-order valence-electron chi connectivity index (χ4n) is 8.64. The highest BCUT2D eigenvalue weighted by Crippen LogP contribution is 2.76. The van der Waals surface area contributed by atoms with Gasteiger partial charge in [0.2, 0.25) is 0 Å². The molecular weight excluding hydrogens is 576 g/mol. The highest BCUT2D eigenvalue weighted by molar-refractivity contribution is 6.04. The molecule has 0 aromatic carbocycles. The first kappa shape index (κ1) is 35.3. The Balaban J connectivity index is 1.55. The number of unbranched alkanes of at least 4 members (excludes halogenated alkanes) is 5. The van der Waals surface area contributed by atoms with Gasteiger partial charge in [-0.3, -0.25) is 9.59 Å². The van der Waals surface area contributed by atoms with Crippen molar-refractivity contribution in [2.24, 2.45) is 29.1 Å². The fraction of sp³-hybridized carbons (Fsp3) is 0.694. The summed E-state index contributed by atoms with van der Waals surface area (Å²) in [7, 11) is 0. The number of esters is 2. The molecule has 250 valence electrons. The quantitative estimate of drug-likeness (QED) is 0.0727. The minimum Gasteiger partial charge on any atom is -0.465 e. The van der Waals surface area contributed by atoms with E-state index < -0.39 is 76.3 Å². The number of ketones is 1. The highest BCUT2D eigenvalue weighted by atomic mass is 16.6. The van der Waals surface area contributed by atoms with Crippen molar-refractivity contribution >= 4 is 17.7 Å². The molecule has 9 nitrogen and oxygen atoms in total. The molecule has 0 unspecified atom stereocenters. The van der Waals surface area contributed by atoms with Gasteiger partial charge in [0.1, 0.15) is 17.8 Å². The zero-order valence-corrected chi connectivity index (χ0v) is 27.5. The van der Waals surface area contributed by atoms with Gasteiger partial charge in [0.05, 0.1) is 18.3 Å². The summed E-state index contributed by atoms with van der Waals surface area (Å²) in [6.45, 7) is 8.30. The minimum absolute atomic E-state index is 0.0567. The van der Waals surface area contributed by atoms with Crippen molar-refractivity contribution < 1.29 is 44.3 Å². The second kappa shape index (κ2) is 13.6. The van der Waals surface area contributed by atoms with E-state index in [9.17, 15) is 34.8 Å². The average molecular weight is 629 g/mol. The smallest absolute Gasteiger partial charge is 0.331 e. The Morgan fingerprint density at radius 1 is 1.11 bits per heavy atom. The van der Waals surface area contributed by atoms with Crippen LogP contribution in [0.3, 0.4) is 0 Å². The minimum atomic E-state index is -1.90. The standard InChI is InChI=1S/C36H52O9/c1-6-7-8-9-10-11-14-27(39)15-12-13-16-30(40)45-35-19-24(3)36(43)28(31(35)33(35,5)22-44-25(4)38)18-26(21-37)20-34(42)29(36)17-23(2)32(34)41/h12-13,15-18,24,27-29,31,37,39,42-43H,6-11,14,19-22H2,1-5H3/b15-12+,16-13+/t24-,27-,28+,29-,31-,33-,34-,35+,36-/m1/s1. The molecule has 0 aromatic rings. The van der Waals surface area contributed by atoms with E-state index in [0.29, 0.717) is 17.6 Å². The summed E-state index contributed by atoms with van der Waals surface area (Å²) in [5.41, 5.74) is -4.71. The third-order valence-electron chi connectivity index (χ3n) is 11.0. The van der Waals surface area contributed by atoms with E-state index in [2.05, 4.69) is 6.92 Å². The third-order valence-corrected chi connectivity index (χ3v) is 11.0. The van der Waals surface area contributed by atoms with Gasteiger partial charge in [0.25, 0.3) is 0 Å². The molecule has 0 amide bonds. The number of Topliss-reactive ketones (excluding diaryl/α,β-unsaturated/α-hetero) is 1. The summed E-state index contributed by atoms with van der Waals surface area (Å²) in [6, 6.07) is 0. The molecular formula is C36H52O9. The number of carbonyl (C=O) groups is 3. The molecule has 2 fully saturated rings. The molecule has 9 atom stereocenters. The zero-order valence-electron chi connectivity index (χ0n) is 27.5. The number of aliphatic hydroxyl groups is 4. The molecule has 0 saturated heterocycles. The van der Waals surface area contributed by atoms with Gasteiger partial charge in [-0.1, -0.05) is 89.7 Å². The summed E-state index contributed by atoms with van der Waals surface area (Å²) < 4.78 is 11.7. The van der Waals surface area contributed by atoms with E-state index in [1.165, 1.54) is 44.8 Å². The van der Waals surface area contributed by atoms with E-state index in [1.54, 1.807) is 31.2 Å². The fourth-order valence-corrected chi connectivity index (χ4v) is 8.64. The predicted octanol–water partition coefficient (Wildman–Crippen LogP) is 4.28. The summed E-state index contributed by atoms with van der Waals surface area (Å²) in [6.07, 6.45) is 16.4. The van der Waals surface area contributed by atoms with Gasteiger partial charge in [-0.25, -0.2) is 4.79 Å². The Morgan fingerprint density at radius 3 is 2.47 bits per heavy atom. The lowest BCUT2D eigenvalue weighted by molar-refractivity contribution is -0.185. The number of hydrogen-bond donors (Lipinski definition) is 4. The van der Waals surface area contributed by atoms with Gasteiger partial charge in [-0.2, -0.15) is 0 Å². The van der Waals surface area contributed by atoms with Crippen molar-refractivity contribution in [1.82, 2.24) is 0 Å². The lowest BCUT2D eigenvalue weighted by Crippen LogP contribution is -2.61. The number of fused-ring (bicyclic) bond motifs is 5. The van der Waals surface area contributed by atoms with E-state index in [4.69, 9.17) is 9.47 Å². The predicted molar refractivity (Wildman–Crippen MR) is 169 cm³/mol. The summed E-state index contributed by atoms with van der Waals surface area (Å²) >= 11 is 0. The molecule has 9 heteroatoms. The van der Waals surface area contributed by atoms with Crippen molar-refractivity contribution in [2.45, 2.75) is 115 Å². The largest absolute Gasteiger partial charge is 0.465 e. The normalized spacial score (nSPS) is 37.8. The van der Waals surface area contributed by atoms with Gasteiger partial charge in [-0.05, 0) is 36.8 Å². The number of allylic oxidation sites excluding steroid dienone is 2. The molecule has 4 N–H and O–H groups in total. The van der Waals surface area contributed by atoms with Crippen LogP contribution in [0.15, 0.2) is 47.6 Å². The third kappa shape index (κ3) is 6.38. The lowest BCUT2D eigenvalue weighted by Gasteiger charge is -2.50. The van der Waals surface area contributed by atoms with Gasteiger partial charge < -0.3 is 29.9 Å². The molecule has 45 heavy (non-hydrogen) atoms. The van der Waals surface area contributed by atoms with Crippen LogP contribution in [0.1, 0.15) is 92.4 Å². The molecule has 0 bridgehead atoms. The van der Waals surface area contributed by atoms with Gasteiger partial charge in [0.15, 0.2) is 5.78 Å². The number of hydrogen-bond acceptors (Lipinski definition) is 9. The number of carbonyl (C=O) groups excluding carboxylic acids is 3. The van der Waals surface area contributed by atoms with Crippen LogP contribution in [0.4, 0.5) is 0 Å². The first-order valence-electron chi connectivity index (χ1n) is 16.6. The summed E-state index contributed by atoms with van der Waals surface area (Å²) in [4.78, 5) is 38.3. The molecule has 4 aliphatic carbocycles. The number of ether oxygens (including phenoxy) is 2. The maximum atomic E-state index is 13.2. The van der Waals surface area contributed by atoms with Crippen LogP contribution < -0.4 is 0 Å². The lowest BCUT2D eigenvalue weighted by atomic mass is 9.60. The van der Waals surface area contributed by atoms with Gasteiger partial charge in [-0.15, -0.1) is 0 Å². The Labute approximate surface area is 267 Å². The van der Waals surface area contributed by atoms with Crippen molar-refractivity contribution in [3.05, 3.63) is 47.6 Å². The maximum absolute atomic E-state index is 13.2. The Kier molecular flexibility index (Phi) is 10.7. The van der Waals surface area contributed by atoms with Crippen LogP contribution in [0, 0.1) is 29.1 Å². The van der Waals surface area contributed by atoms with Gasteiger partial charge >= 0.3 is 11.9 Å². The molecule has 0 aliphatic heterocycles. The Morgan fingerprint density at radius 2 is 1.80 bits per heavy atom. The van der Waals surface area contributed by atoms with Crippen LogP contribution in [-0.2, 0) is 23.9 Å². The Bertz CT molecular complexity index is 1260.